The fourth-order valence-corrected chi connectivity index (χ4v) is 0.412. The molecular weight excluding hydrogens is 118 g/mol. The Bertz CT molecular complexity index is 169. The van der Waals surface area contributed by atoms with Crippen molar-refractivity contribution in [3.8, 4) is 6.08 Å². The molecule has 0 unspecified atom stereocenters. The molecule has 0 aliphatic carbocycles. The van der Waals surface area contributed by atoms with Crippen molar-refractivity contribution in [2.45, 2.75) is 0 Å². The zero-order valence-electron chi connectivity index (χ0n) is 4.91. The minimum atomic E-state index is 0.287. The van der Waals surface area contributed by atoms with Gasteiger partial charge in [-0.05, 0) is 0 Å². The Morgan fingerprint density at radius 3 is 3.33 bits per heavy atom. The number of rotatable bonds is 3. The first-order valence-corrected chi connectivity index (χ1v) is 2.56. The average Bonchev–Trinajstić information content (AvgIpc) is 2.34. The Morgan fingerprint density at radius 2 is 2.78 bits per heavy atom. The van der Waals surface area contributed by atoms with Gasteiger partial charge in [0.25, 0.3) is 0 Å². The van der Waals surface area contributed by atoms with Crippen LogP contribution in [0.1, 0.15) is 0 Å². The summed E-state index contributed by atoms with van der Waals surface area (Å²) in [5, 5.41) is 0. The Hall–Kier alpha value is -1.25. The predicted molar refractivity (Wildman–Crippen MR) is 32.2 cm³/mol. The molecular formula is C6H7NO2. The van der Waals surface area contributed by atoms with Crippen LogP contribution < -0.4 is 4.74 Å². The van der Waals surface area contributed by atoms with Crippen molar-refractivity contribution >= 4 is 0 Å². The van der Waals surface area contributed by atoms with Crippen molar-refractivity contribution in [1.82, 2.24) is 4.98 Å². The summed E-state index contributed by atoms with van der Waals surface area (Å²) in [7, 11) is 0. The highest BCUT2D eigenvalue weighted by atomic mass is 16.6. The van der Waals surface area contributed by atoms with Gasteiger partial charge in [0, 0.05) is 0 Å². The smallest absolute Gasteiger partial charge is 0.393 e. The lowest BCUT2D eigenvalue weighted by molar-refractivity contribution is 0.258. The topological polar surface area (TPSA) is 35.3 Å². The van der Waals surface area contributed by atoms with Crippen molar-refractivity contribution in [3.05, 3.63) is 25.1 Å². The van der Waals surface area contributed by atoms with Crippen LogP contribution in [0.2, 0.25) is 0 Å². The molecule has 3 nitrogen and oxygen atoms in total. The normalized spacial score (nSPS) is 8.89. The summed E-state index contributed by atoms with van der Waals surface area (Å²) in [6, 6.07) is 0. The highest BCUT2D eigenvalue weighted by Crippen LogP contribution is 2.03. The molecule has 0 spiro atoms. The lowest BCUT2D eigenvalue weighted by Gasteiger charge is -1.91. The standard InChI is InChI=1S/C6H7NO2/c1-2-4-8-6-7-3-5-9-6/h2-3,5H,1,4H2. The van der Waals surface area contributed by atoms with E-state index in [1.165, 1.54) is 12.5 Å². The maximum Gasteiger partial charge on any atom is 0.393 e. The lowest BCUT2D eigenvalue weighted by Crippen LogP contribution is -1.91. The van der Waals surface area contributed by atoms with E-state index in [0.29, 0.717) is 6.61 Å². The van der Waals surface area contributed by atoms with Gasteiger partial charge in [-0.3, -0.25) is 0 Å². The van der Waals surface area contributed by atoms with Crippen LogP contribution in [-0.2, 0) is 0 Å². The van der Waals surface area contributed by atoms with Crippen molar-refractivity contribution in [2.75, 3.05) is 6.61 Å². The first-order chi connectivity index (χ1) is 4.43. The highest BCUT2D eigenvalue weighted by molar-refractivity contribution is 4.85. The van der Waals surface area contributed by atoms with Gasteiger partial charge in [0.15, 0.2) is 0 Å². The van der Waals surface area contributed by atoms with Crippen molar-refractivity contribution < 1.29 is 9.15 Å². The SMILES string of the molecule is C=CCOc1ncco1. The van der Waals surface area contributed by atoms with Crippen LogP contribution in [0, 0.1) is 0 Å². The van der Waals surface area contributed by atoms with E-state index in [1.54, 1.807) is 6.08 Å². The van der Waals surface area contributed by atoms with E-state index in [0.717, 1.165) is 0 Å². The van der Waals surface area contributed by atoms with Crippen LogP contribution in [0.5, 0.6) is 6.08 Å². The number of nitrogens with zero attached hydrogens (tertiary/aromatic N) is 1. The molecule has 0 N–H and O–H groups in total. The van der Waals surface area contributed by atoms with Gasteiger partial charge in [-0.2, -0.15) is 4.98 Å². The molecule has 0 fully saturated rings. The number of aromatic nitrogens is 1. The van der Waals surface area contributed by atoms with Crippen molar-refractivity contribution in [2.24, 2.45) is 0 Å². The van der Waals surface area contributed by atoms with E-state index in [2.05, 4.69) is 11.6 Å². The average molecular weight is 125 g/mol. The molecule has 9 heavy (non-hydrogen) atoms. The second kappa shape index (κ2) is 2.91. The van der Waals surface area contributed by atoms with Gasteiger partial charge >= 0.3 is 6.08 Å². The van der Waals surface area contributed by atoms with Crippen molar-refractivity contribution in [3.63, 3.8) is 0 Å². The van der Waals surface area contributed by atoms with Gasteiger partial charge < -0.3 is 9.15 Å². The first kappa shape index (κ1) is 5.88. The maximum atomic E-state index is 4.90. The summed E-state index contributed by atoms with van der Waals surface area (Å²) in [5.41, 5.74) is 0. The number of oxazole rings is 1. The van der Waals surface area contributed by atoms with Crippen LogP contribution in [-0.4, -0.2) is 11.6 Å². The van der Waals surface area contributed by atoms with Crippen molar-refractivity contribution in [1.29, 1.82) is 0 Å². The zero-order valence-corrected chi connectivity index (χ0v) is 4.91. The highest BCUT2D eigenvalue weighted by Gasteiger charge is 1.92. The molecule has 0 radical (unpaired) electrons. The molecule has 0 atom stereocenters. The second-order valence-electron chi connectivity index (χ2n) is 1.40. The molecule has 1 heterocycles. The maximum absolute atomic E-state index is 4.90. The van der Waals surface area contributed by atoms with Gasteiger partial charge in [0.2, 0.25) is 0 Å². The Balaban J connectivity index is 2.38. The summed E-state index contributed by atoms with van der Waals surface area (Å²) < 4.78 is 9.65. The molecule has 0 aliphatic heterocycles. The third-order valence-corrected chi connectivity index (χ3v) is 0.734. The molecule has 1 aromatic heterocycles. The summed E-state index contributed by atoms with van der Waals surface area (Å²) in [6.45, 7) is 3.90. The summed E-state index contributed by atoms with van der Waals surface area (Å²) in [6.07, 6.45) is 4.90. The predicted octanol–water partition coefficient (Wildman–Crippen LogP) is 1.24. The number of ether oxygens (including phenoxy) is 1. The molecule has 0 aromatic carbocycles. The number of hydrogen-bond acceptors (Lipinski definition) is 3. The molecule has 0 saturated heterocycles. The Morgan fingerprint density at radius 1 is 1.89 bits per heavy atom. The third kappa shape index (κ3) is 1.60. The number of hydrogen-bond donors (Lipinski definition) is 0. The van der Waals surface area contributed by atoms with Gasteiger partial charge in [-0.25, -0.2) is 0 Å². The van der Waals surface area contributed by atoms with Crippen LogP contribution in [0.25, 0.3) is 0 Å². The fraction of sp³-hybridized carbons (Fsp3) is 0.167. The Labute approximate surface area is 53.0 Å². The molecule has 3 heteroatoms. The summed E-state index contributed by atoms with van der Waals surface area (Å²) in [5.74, 6) is 0. The first-order valence-electron chi connectivity index (χ1n) is 2.56. The van der Waals surface area contributed by atoms with E-state index in [9.17, 15) is 0 Å². The van der Waals surface area contributed by atoms with E-state index in [4.69, 9.17) is 9.15 Å². The largest absolute Gasteiger partial charge is 0.446 e. The lowest BCUT2D eigenvalue weighted by atomic mass is 10.7. The quantitative estimate of drug-likeness (QED) is 0.570. The molecule has 0 amide bonds. The van der Waals surface area contributed by atoms with Gasteiger partial charge in [-0.15, -0.1) is 0 Å². The monoisotopic (exact) mass is 125 g/mol. The minimum Gasteiger partial charge on any atom is -0.446 e. The van der Waals surface area contributed by atoms with Gasteiger partial charge in [0.05, 0.1) is 6.20 Å². The van der Waals surface area contributed by atoms with Crippen LogP contribution in [0.15, 0.2) is 29.5 Å². The third-order valence-electron chi connectivity index (χ3n) is 0.734. The van der Waals surface area contributed by atoms with E-state index in [1.807, 2.05) is 0 Å². The van der Waals surface area contributed by atoms with Crippen LogP contribution in [0.3, 0.4) is 0 Å². The fourth-order valence-electron chi connectivity index (χ4n) is 0.412. The van der Waals surface area contributed by atoms with Crippen LogP contribution in [0.4, 0.5) is 0 Å². The Kier molecular flexibility index (Phi) is 1.90. The van der Waals surface area contributed by atoms with Gasteiger partial charge in [-0.1, -0.05) is 12.7 Å². The molecule has 0 aliphatic rings. The molecule has 1 rings (SSSR count). The summed E-state index contributed by atoms with van der Waals surface area (Å²) >= 11 is 0. The van der Waals surface area contributed by atoms with E-state index >= 15 is 0 Å². The van der Waals surface area contributed by atoms with Gasteiger partial charge in [0.1, 0.15) is 12.9 Å². The second-order valence-corrected chi connectivity index (χ2v) is 1.40. The molecule has 1 aromatic rings. The molecule has 0 bridgehead atoms. The molecule has 48 valence electrons. The van der Waals surface area contributed by atoms with E-state index in [-0.39, 0.29) is 6.08 Å². The zero-order chi connectivity index (χ0) is 6.53. The molecule has 0 saturated carbocycles. The van der Waals surface area contributed by atoms with Crippen LogP contribution >= 0.6 is 0 Å². The van der Waals surface area contributed by atoms with E-state index < -0.39 is 0 Å². The summed E-state index contributed by atoms with van der Waals surface area (Å²) in [4.78, 5) is 3.72. The minimum absolute atomic E-state index is 0.287.